The normalized spacial score (nSPS) is 18.6. The molecule has 1 unspecified atom stereocenters. The van der Waals surface area contributed by atoms with E-state index in [1.807, 2.05) is 0 Å². The van der Waals surface area contributed by atoms with Crippen LogP contribution in [0.3, 0.4) is 0 Å². The number of nitrogens with one attached hydrogen (secondary N) is 3. The molecule has 1 aromatic heterocycles. The van der Waals surface area contributed by atoms with E-state index in [9.17, 15) is 9.59 Å². The zero-order chi connectivity index (χ0) is 12.6. The third kappa shape index (κ3) is 2.03. The fourth-order valence-electron chi connectivity index (χ4n) is 1.77. The Balaban J connectivity index is 2.53. The van der Waals surface area contributed by atoms with Crippen LogP contribution >= 0.6 is 0 Å². The highest BCUT2D eigenvalue weighted by atomic mass is 32.1. The first kappa shape index (κ1) is 12.3. The molecule has 0 bridgehead atoms. The molecule has 1 aromatic rings. The van der Waals surface area contributed by atoms with Gasteiger partial charge in [-0.15, -0.1) is 0 Å². The molecule has 0 aliphatic carbocycles. The van der Waals surface area contributed by atoms with Gasteiger partial charge in [-0.05, 0) is 6.42 Å². The Bertz CT molecular complexity index is 589. The predicted molar refractivity (Wildman–Crippen MR) is 67.5 cm³/mol. The first-order chi connectivity index (χ1) is 8.06. The number of hydrogen-bond acceptors (Lipinski definition) is 4. The minimum absolute atomic E-state index is 0.306. The van der Waals surface area contributed by atoms with Crippen LogP contribution in [0.25, 0.3) is 0 Å². The molecule has 0 saturated carbocycles. The number of fused-ring (bicyclic) bond motifs is 1. The molecule has 0 fully saturated rings. The standard InChI is InChI=1S/C9H12N4O2S2/c1-2-3-4-5-12(16)6-7(13(5)17)10-9(15)11-8(6)14/h12H,2-4H2,1H3,(H2,10,11,14,15). The number of H-pyrrole nitrogens is 2. The molecular formula is C9H12N4O2S2. The van der Waals surface area contributed by atoms with E-state index in [1.54, 1.807) is 0 Å². The van der Waals surface area contributed by atoms with Crippen LogP contribution in [0.2, 0.25) is 0 Å². The molecule has 8 heteroatoms. The number of rotatable bonds is 3. The second kappa shape index (κ2) is 4.63. The number of unbranched alkanes of at least 4 members (excludes halogenated alkanes) is 1. The minimum atomic E-state index is -0.567. The molecule has 3 N–H and O–H groups in total. The number of amidine groups is 1. The zero-order valence-corrected chi connectivity index (χ0v) is 10.8. The van der Waals surface area contributed by atoms with Crippen LogP contribution in [-0.2, 0) is 25.6 Å². The van der Waals surface area contributed by atoms with Crippen molar-refractivity contribution < 1.29 is 8.29 Å². The van der Waals surface area contributed by atoms with Gasteiger partial charge in [-0.3, -0.25) is 8.78 Å². The van der Waals surface area contributed by atoms with Crippen LogP contribution in [0.4, 0.5) is 11.5 Å². The van der Waals surface area contributed by atoms with Gasteiger partial charge in [0.2, 0.25) is 5.84 Å². The van der Waals surface area contributed by atoms with Crippen molar-refractivity contribution in [3.8, 4) is 0 Å². The lowest BCUT2D eigenvalue weighted by Gasteiger charge is -2.16. The van der Waals surface area contributed by atoms with E-state index < -0.39 is 11.2 Å². The van der Waals surface area contributed by atoms with Crippen LogP contribution in [0, 0.1) is 0 Å². The molecule has 1 aliphatic heterocycles. The fraction of sp³-hybridized carbons (Fsp3) is 0.444. The molecular weight excluding hydrogens is 260 g/mol. The summed E-state index contributed by atoms with van der Waals surface area (Å²) in [4.78, 5) is 27.5. The smallest absolute Gasteiger partial charge is 0.413 e. The van der Waals surface area contributed by atoms with Crippen LogP contribution in [0.5, 0.6) is 0 Å². The summed E-state index contributed by atoms with van der Waals surface area (Å²) < 4.78 is 1.84. The van der Waals surface area contributed by atoms with Gasteiger partial charge in [0.1, 0.15) is 0 Å². The number of nitrogens with zero attached hydrogens (tertiary/aromatic N) is 1. The average Bonchev–Trinajstić information content (AvgIpc) is 2.49. The lowest BCUT2D eigenvalue weighted by atomic mass is 10.2. The third-order valence-corrected chi connectivity index (χ3v) is 3.47. The largest absolute Gasteiger partial charge is 0.549 e. The summed E-state index contributed by atoms with van der Waals surface area (Å²) in [7, 11) is 0. The summed E-state index contributed by atoms with van der Waals surface area (Å²) in [5.74, 6) is 1.07. The Morgan fingerprint density at radius 1 is 1.35 bits per heavy atom. The zero-order valence-electron chi connectivity index (χ0n) is 9.20. The lowest BCUT2D eigenvalue weighted by Crippen LogP contribution is -3.05. The SMILES string of the molecule is CCCCC1=[N+]([S-])c2[nH]c(=O)[nH]c(=O)c2[NH+]1[S-]. The van der Waals surface area contributed by atoms with Crippen LogP contribution in [-0.4, -0.2) is 19.8 Å². The summed E-state index contributed by atoms with van der Waals surface area (Å²) in [6, 6.07) is 0. The van der Waals surface area contributed by atoms with E-state index in [-0.39, 0.29) is 0 Å². The predicted octanol–water partition coefficient (Wildman–Crippen LogP) is -1.25. The van der Waals surface area contributed by atoms with Crippen molar-refractivity contribution in [1.29, 1.82) is 0 Å². The Kier molecular flexibility index (Phi) is 3.36. The highest BCUT2D eigenvalue weighted by Gasteiger charge is 2.33. The second-order valence-electron chi connectivity index (χ2n) is 3.81. The molecule has 17 heavy (non-hydrogen) atoms. The fourth-order valence-corrected chi connectivity index (χ4v) is 2.53. The maximum absolute atomic E-state index is 11.7. The molecule has 1 atom stereocenters. The van der Waals surface area contributed by atoms with Crippen molar-refractivity contribution in [3.05, 3.63) is 20.8 Å². The minimum Gasteiger partial charge on any atom is -0.549 e. The number of hydrogen-bond donors (Lipinski definition) is 3. The molecule has 2 heterocycles. The molecule has 0 aromatic carbocycles. The van der Waals surface area contributed by atoms with Gasteiger partial charge in [0.15, 0.2) is 0 Å². The molecule has 0 spiro atoms. The molecule has 0 saturated heterocycles. The van der Waals surface area contributed by atoms with Gasteiger partial charge in [0, 0.05) is 0 Å². The van der Waals surface area contributed by atoms with Gasteiger partial charge >= 0.3 is 17.1 Å². The van der Waals surface area contributed by atoms with Crippen molar-refractivity contribution in [2.75, 3.05) is 0 Å². The monoisotopic (exact) mass is 272 g/mol. The number of quaternary nitrogens is 1. The quantitative estimate of drug-likeness (QED) is 0.475. The molecule has 0 amide bonds. The van der Waals surface area contributed by atoms with Crippen LogP contribution in [0.1, 0.15) is 26.2 Å². The number of aromatic amines is 2. The van der Waals surface area contributed by atoms with E-state index in [2.05, 4.69) is 16.9 Å². The summed E-state index contributed by atoms with van der Waals surface area (Å²) in [5, 5.41) is 0. The van der Waals surface area contributed by atoms with Crippen molar-refractivity contribution in [1.82, 2.24) is 9.97 Å². The van der Waals surface area contributed by atoms with Gasteiger partial charge in [-0.25, -0.2) is 9.78 Å². The Hall–Kier alpha value is -1.12. The van der Waals surface area contributed by atoms with E-state index in [0.717, 1.165) is 25.1 Å². The van der Waals surface area contributed by atoms with E-state index >= 15 is 0 Å². The highest BCUT2D eigenvalue weighted by Crippen LogP contribution is 2.16. The Morgan fingerprint density at radius 3 is 2.71 bits per heavy atom. The van der Waals surface area contributed by atoms with Gasteiger partial charge < -0.3 is 29.9 Å². The Morgan fingerprint density at radius 2 is 2.06 bits per heavy atom. The van der Waals surface area contributed by atoms with Gasteiger partial charge in [-0.2, -0.15) is 4.98 Å². The maximum atomic E-state index is 11.7. The van der Waals surface area contributed by atoms with Gasteiger partial charge in [0.25, 0.3) is 5.69 Å². The average molecular weight is 272 g/mol. The lowest BCUT2D eigenvalue weighted by molar-refractivity contribution is -0.573. The number of aromatic nitrogens is 2. The van der Waals surface area contributed by atoms with Crippen molar-refractivity contribution in [3.63, 3.8) is 0 Å². The third-order valence-electron chi connectivity index (χ3n) is 2.63. The van der Waals surface area contributed by atoms with Crippen molar-refractivity contribution in [2.45, 2.75) is 26.2 Å². The van der Waals surface area contributed by atoms with E-state index in [1.165, 1.54) is 3.98 Å². The topological polar surface area (TPSA) is 73.2 Å². The van der Waals surface area contributed by atoms with Crippen molar-refractivity contribution in [2.24, 2.45) is 0 Å². The summed E-state index contributed by atoms with van der Waals surface area (Å²) >= 11 is 10.4. The Labute approximate surface area is 108 Å². The maximum Gasteiger partial charge on any atom is 0.413 e. The molecule has 6 nitrogen and oxygen atoms in total. The van der Waals surface area contributed by atoms with Crippen molar-refractivity contribution >= 4 is 43.0 Å². The first-order valence-electron chi connectivity index (χ1n) is 5.30. The summed E-state index contributed by atoms with van der Waals surface area (Å²) in [5.41, 5.74) is -0.737. The molecule has 0 radical (unpaired) electrons. The van der Waals surface area contributed by atoms with E-state index in [0.29, 0.717) is 15.8 Å². The van der Waals surface area contributed by atoms with Gasteiger partial charge in [0.05, 0.1) is 6.42 Å². The summed E-state index contributed by atoms with van der Waals surface area (Å²) in [6.07, 6.45) is 2.67. The van der Waals surface area contributed by atoms with Gasteiger partial charge in [-0.1, -0.05) is 13.3 Å². The second-order valence-corrected chi connectivity index (χ2v) is 4.58. The van der Waals surface area contributed by atoms with E-state index in [4.69, 9.17) is 25.6 Å². The highest BCUT2D eigenvalue weighted by molar-refractivity contribution is 7.52. The molecule has 2 rings (SSSR count). The van der Waals surface area contributed by atoms with Crippen LogP contribution < -0.4 is 15.6 Å². The summed E-state index contributed by atoms with van der Waals surface area (Å²) in [6.45, 7) is 2.06. The molecule has 1 aliphatic rings. The first-order valence-corrected chi connectivity index (χ1v) is 6.08. The molecule has 92 valence electrons. The van der Waals surface area contributed by atoms with Crippen LogP contribution in [0.15, 0.2) is 9.59 Å².